The molecule has 0 saturated carbocycles. The molecule has 6 heteroatoms. The van der Waals surface area contributed by atoms with Crippen LogP contribution in [0.4, 0.5) is 0 Å². The number of aliphatic hydroxyl groups is 2. The van der Waals surface area contributed by atoms with Gasteiger partial charge in [0.2, 0.25) is 0 Å². The lowest BCUT2D eigenvalue weighted by atomic mass is 10.0. The first kappa shape index (κ1) is 49.8. The lowest BCUT2D eigenvalue weighted by Gasteiger charge is -2.12. The first-order valence-electron chi connectivity index (χ1n) is 22.4. The van der Waals surface area contributed by atoms with E-state index >= 15 is 0 Å². The molecule has 0 bridgehead atoms. The lowest BCUT2D eigenvalue weighted by Crippen LogP contribution is -2.22. The van der Waals surface area contributed by atoms with Gasteiger partial charge in [0.15, 0.2) is 0 Å². The van der Waals surface area contributed by atoms with Gasteiger partial charge in [0, 0.05) is 26.4 Å². The summed E-state index contributed by atoms with van der Waals surface area (Å²) in [7, 11) is 0. The van der Waals surface area contributed by atoms with Crippen molar-refractivity contribution in [3.8, 4) is 0 Å². The molecule has 0 fully saturated rings. The zero-order valence-corrected chi connectivity index (χ0v) is 34.0. The van der Waals surface area contributed by atoms with Gasteiger partial charge in [-0.15, -0.1) is 0 Å². The summed E-state index contributed by atoms with van der Waals surface area (Å²) in [5, 5.41) is 20.2. The second-order valence-electron chi connectivity index (χ2n) is 15.2. The maximum atomic E-state index is 10.1. The molecule has 0 aliphatic heterocycles. The fourth-order valence-corrected chi connectivity index (χ4v) is 6.53. The average molecular weight is 715 g/mol. The molecule has 0 aliphatic carbocycles. The van der Waals surface area contributed by atoms with Crippen molar-refractivity contribution in [1.29, 1.82) is 0 Å². The molecule has 2 atom stereocenters. The molecular formula is C44H90O6. The van der Waals surface area contributed by atoms with Crippen molar-refractivity contribution < 1.29 is 29.2 Å². The molecule has 0 radical (unpaired) electrons. The summed E-state index contributed by atoms with van der Waals surface area (Å²) in [6.45, 7) is 8.82. The Bertz CT molecular complexity index is 541. The van der Waals surface area contributed by atoms with E-state index in [0.29, 0.717) is 39.6 Å². The minimum absolute atomic E-state index is 0.348. The highest BCUT2D eigenvalue weighted by molar-refractivity contribution is 4.55. The quantitative estimate of drug-likeness (QED) is 0.0612. The molecule has 50 heavy (non-hydrogen) atoms. The summed E-state index contributed by atoms with van der Waals surface area (Å²) < 4.78 is 22.6. The molecule has 0 aromatic heterocycles. The maximum absolute atomic E-state index is 10.1. The highest BCUT2D eigenvalue weighted by atomic mass is 16.5. The van der Waals surface area contributed by atoms with Crippen molar-refractivity contribution in [2.75, 3.05) is 52.9 Å². The van der Waals surface area contributed by atoms with Crippen molar-refractivity contribution in [3.63, 3.8) is 0 Å². The Hall–Kier alpha value is -0.240. The number of rotatable bonds is 45. The van der Waals surface area contributed by atoms with Crippen LogP contribution >= 0.6 is 0 Å². The van der Waals surface area contributed by atoms with E-state index in [9.17, 15) is 10.2 Å². The van der Waals surface area contributed by atoms with Crippen molar-refractivity contribution >= 4 is 0 Å². The van der Waals surface area contributed by atoms with E-state index < -0.39 is 12.2 Å². The highest BCUT2D eigenvalue weighted by Gasteiger charge is 2.06. The minimum Gasteiger partial charge on any atom is -0.388 e. The third-order valence-corrected chi connectivity index (χ3v) is 9.85. The van der Waals surface area contributed by atoms with Crippen LogP contribution in [0.2, 0.25) is 0 Å². The van der Waals surface area contributed by atoms with Gasteiger partial charge >= 0.3 is 0 Å². The van der Waals surface area contributed by atoms with Gasteiger partial charge in [-0.2, -0.15) is 0 Å². The van der Waals surface area contributed by atoms with Crippen molar-refractivity contribution in [3.05, 3.63) is 0 Å². The molecule has 0 aromatic carbocycles. The van der Waals surface area contributed by atoms with Crippen LogP contribution in [0.25, 0.3) is 0 Å². The Kier molecular flexibility index (Phi) is 44.7. The Morgan fingerprint density at radius 1 is 0.260 bits per heavy atom. The highest BCUT2D eigenvalue weighted by Crippen LogP contribution is 2.14. The summed E-state index contributed by atoms with van der Waals surface area (Å²) in [6, 6.07) is 0. The molecule has 0 heterocycles. The van der Waals surface area contributed by atoms with Crippen molar-refractivity contribution in [1.82, 2.24) is 0 Å². The van der Waals surface area contributed by atoms with Gasteiger partial charge in [-0.05, 0) is 25.7 Å². The molecule has 0 amide bonds. The van der Waals surface area contributed by atoms with Crippen LogP contribution in [0.3, 0.4) is 0 Å². The molecular weight excluding hydrogens is 624 g/mol. The molecule has 0 aromatic rings. The van der Waals surface area contributed by atoms with Crippen LogP contribution in [-0.4, -0.2) is 75.3 Å². The monoisotopic (exact) mass is 715 g/mol. The molecule has 0 aliphatic rings. The molecule has 0 spiro atoms. The second-order valence-corrected chi connectivity index (χ2v) is 15.2. The third kappa shape index (κ3) is 43.9. The minimum atomic E-state index is -0.537. The van der Waals surface area contributed by atoms with Crippen LogP contribution < -0.4 is 0 Å². The van der Waals surface area contributed by atoms with Gasteiger partial charge in [0.05, 0.1) is 26.4 Å². The lowest BCUT2D eigenvalue weighted by molar-refractivity contribution is -0.0217. The maximum Gasteiger partial charge on any atom is 0.101 e. The smallest absolute Gasteiger partial charge is 0.101 e. The van der Waals surface area contributed by atoms with E-state index in [0.717, 1.165) is 51.7 Å². The number of unbranched alkanes of at least 4 members (excludes halogenated alkanes) is 29. The van der Waals surface area contributed by atoms with Crippen LogP contribution in [0.15, 0.2) is 0 Å². The summed E-state index contributed by atoms with van der Waals surface area (Å²) in [5.74, 6) is 0. The zero-order chi connectivity index (χ0) is 36.3. The fraction of sp³-hybridized carbons (Fsp3) is 1.00. The Labute approximate surface area is 312 Å². The topological polar surface area (TPSA) is 77.4 Å². The third-order valence-electron chi connectivity index (χ3n) is 9.85. The zero-order valence-electron chi connectivity index (χ0n) is 34.0. The van der Waals surface area contributed by atoms with Gasteiger partial charge in [-0.1, -0.05) is 194 Å². The van der Waals surface area contributed by atoms with Gasteiger partial charge in [-0.25, -0.2) is 0 Å². The van der Waals surface area contributed by atoms with Crippen LogP contribution in [0.1, 0.15) is 219 Å². The number of hydrogen-bond donors (Lipinski definition) is 2. The van der Waals surface area contributed by atoms with E-state index in [2.05, 4.69) is 13.8 Å². The first-order valence-corrected chi connectivity index (χ1v) is 22.4. The predicted octanol–water partition coefficient (Wildman–Crippen LogP) is 12.3. The second kappa shape index (κ2) is 44.9. The summed E-state index contributed by atoms with van der Waals surface area (Å²) in [5.41, 5.74) is 0. The largest absolute Gasteiger partial charge is 0.388 e. The number of aliphatic hydroxyl groups excluding tert-OH is 2. The van der Waals surface area contributed by atoms with Gasteiger partial charge in [-0.3, -0.25) is 0 Å². The average Bonchev–Trinajstić information content (AvgIpc) is 3.12. The van der Waals surface area contributed by atoms with Crippen LogP contribution in [0, 0.1) is 0 Å². The molecule has 2 unspecified atom stereocenters. The summed E-state index contributed by atoms with van der Waals surface area (Å²) in [4.78, 5) is 0. The molecule has 0 saturated heterocycles. The predicted molar refractivity (Wildman–Crippen MR) is 214 cm³/mol. The molecule has 0 rings (SSSR count). The van der Waals surface area contributed by atoms with E-state index in [1.807, 2.05) is 0 Å². The number of ether oxygens (including phenoxy) is 4. The van der Waals surface area contributed by atoms with E-state index in [-0.39, 0.29) is 0 Å². The van der Waals surface area contributed by atoms with Gasteiger partial charge < -0.3 is 29.2 Å². The van der Waals surface area contributed by atoms with Gasteiger partial charge in [0.1, 0.15) is 12.2 Å². The fourth-order valence-electron chi connectivity index (χ4n) is 6.53. The van der Waals surface area contributed by atoms with Crippen LogP contribution in [-0.2, 0) is 18.9 Å². The number of hydrogen-bond acceptors (Lipinski definition) is 6. The Morgan fingerprint density at radius 2 is 0.420 bits per heavy atom. The Morgan fingerprint density at radius 3 is 0.600 bits per heavy atom. The normalized spacial score (nSPS) is 13.0. The summed E-state index contributed by atoms with van der Waals surface area (Å²) in [6.07, 6.45) is 41.1. The standard InChI is InChI=1S/C44H90O6/c1-3-5-7-9-11-13-15-17-19-21-23-25-27-31-35-47-39-43(45)41-49-37-33-29-30-34-38-50-42-44(46)40-48-36-32-28-26-24-22-20-18-16-14-12-10-8-6-4-2/h43-46H,3-42H2,1-2H3. The van der Waals surface area contributed by atoms with Crippen molar-refractivity contribution in [2.24, 2.45) is 0 Å². The SMILES string of the molecule is CCCCCCCCCCCCCCCCOCC(O)COCCCCCCOCC(O)COCCCCCCCCCCCCCCCC. The molecule has 2 N–H and O–H groups in total. The van der Waals surface area contributed by atoms with Crippen LogP contribution in [0.5, 0.6) is 0 Å². The van der Waals surface area contributed by atoms with E-state index in [1.54, 1.807) is 0 Å². The first-order chi connectivity index (χ1) is 24.7. The van der Waals surface area contributed by atoms with E-state index in [4.69, 9.17) is 18.9 Å². The van der Waals surface area contributed by atoms with E-state index in [1.165, 1.54) is 167 Å². The van der Waals surface area contributed by atoms with Crippen molar-refractivity contribution in [2.45, 2.75) is 232 Å². The Balaban J connectivity index is 3.22. The van der Waals surface area contributed by atoms with Gasteiger partial charge in [0.25, 0.3) is 0 Å². The molecule has 302 valence electrons. The molecule has 6 nitrogen and oxygen atoms in total. The summed E-state index contributed by atoms with van der Waals surface area (Å²) >= 11 is 0.